The van der Waals surface area contributed by atoms with Gasteiger partial charge in [0.15, 0.2) is 5.82 Å². The van der Waals surface area contributed by atoms with Gasteiger partial charge in [0.25, 0.3) is 0 Å². The number of carbonyl (C=O) groups is 1. The number of nitrogens with zero attached hydrogens (tertiary/aromatic N) is 1. The van der Waals surface area contributed by atoms with Gasteiger partial charge in [-0.1, -0.05) is 34.1 Å². The molecule has 0 saturated heterocycles. The summed E-state index contributed by atoms with van der Waals surface area (Å²) in [5, 5.41) is 31.4. The van der Waals surface area contributed by atoms with E-state index in [1.54, 1.807) is 0 Å². The number of aliphatic hydroxyl groups excluding tert-OH is 2. The first-order valence-corrected chi connectivity index (χ1v) is 14.9. The Morgan fingerprint density at radius 2 is 1.84 bits per heavy atom. The molecule has 0 aliphatic heterocycles. The van der Waals surface area contributed by atoms with Gasteiger partial charge in [-0.15, -0.1) is 0 Å². The number of pyridine rings is 1. The number of aromatic carboxylic acids is 1. The summed E-state index contributed by atoms with van der Waals surface area (Å²) < 4.78 is 19.9. The molecule has 11 atom stereocenters. The number of carboxylic acids is 1. The van der Waals surface area contributed by atoms with Crippen LogP contribution in [0.3, 0.4) is 0 Å². The first kappa shape index (κ1) is 27.8. The van der Waals surface area contributed by atoms with Gasteiger partial charge in [-0.3, -0.25) is 0 Å². The second-order valence-electron chi connectivity index (χ2n) is 13.6. The number of aliphatic hydroxyl groups is 2. The SMILES string of the molecule is CC[C@H]1[C@@H](O)[C@@H]2[C@H](CC[C@]3(C)[C@@H]([C@H](C)CCOc4ncc(C(=O)O)cc4F)CC[C@@H]23)[C@@]2(C)CC[C@@H](O)C[C@@H]12. The van der Waals surface area contributed by atoms with Crippen LogP contribution in [0.4, 0.5) is 4.39 Å². The molecule has 3 N–H and O–H groups in total. The molecule has 1 aromatic heterocycles. The van der Waals surface area contributed by atoms with Gasteiger partial charge in [-0.2, -0.15) is 0 Å². The fourth-order valence-electron chi connectivity index (χ4n) is 10.1. The van der Waals surface area contributed by atoms with Crippen molar-refractivity contribution in [2.45, 2.75) is 97.7 Å². The highest BCUT2D eigenvalue weighted by Gasteiger charge is 2.64. The fourth-order valence-corrected chi connectivity index (χ4v) is 10.1. The smallest absolute Gasteiger partial charge is 0.337 e. The van der Waals surface area contributed by atoms with E-state index >= 15 is 0 Å². The maximum Gasteiger partial charge on any atom is 0.337 e. The first-order valence-electron chi connectivity index (χ1n) is 14.9. The lowest BCUT2D eigenvalue weighted by atomic mass is 9.41. The van der Waals surface area contributed by atoms with Crippen molar-refractivity contribution in [2.24, 2.45) is 52.3 Å². The summed E-state index contributed by atoms with van der Waals surface area (Å²) in [4.78, 5) is 14.9. The van der Waals surface area contributed by atoms with Crippen molar-refractivity contribution in [3.8, 4) is 5.88 Å². The van der Waals surface area contributed by atoms with Crippen LogP contribution < -0.4 is 4.74 Å². The van der Waals surface area contributed by atoms with E-state index in [9.17, 15) is 19.4 Å². The molecule has 0 radical (unpaired) electrons. The third-order valence-corrected chi connectivity index (χ3v) is 12.0. The minimum absolute atomic E-state index is 0.144. The average Bonchev–Trinajstić information content (AvgIpc) is 3.23. The quantitative estimate of drug-likeness (QED) is 0.402. The molecule has 5 rings (SSSR count). The monoisotopic (exact) mass is 531 g/mol. The molecule has 212 valence electrons. The number of aromatic nitrogens is 1. The van der Waals surface area contributed by atoms with Crippen molar-refractivity contribution in [1.82, 2.24) is 4.98 Å². The Hall–Kier alpha value is -1.73. The largest absolute Gasteiger partial charge is 0.478 e. The van der Waals surface area contributed by atoms with E-state index in [-0.39, 0.29) is 40.4 Å². The Labute approximate surface area is 226 Å². The molecule has 4 aliphatic rings. The van der Waals surface area contributed by atoms with Crippen molar-refractivity contribution in [3.05, 3.63) is 23.6 Å². The highest BCUT2D eigenvalue weighted by Crippen LogP contribution is 2.69. The fraction of sp³-hybridized carbons (Fsp3) is 0.806. The van der Waals surface area contributed by atoms with Crippen LogP contribution in [0.25, 0.3) is 0 Å². The predicted octanol–water partition coefficient (Wildman–Crippen LogP) is 5.95. The molecule has 0 amide bonds. The number of halogens is 1. The second kappa shape index (κ2) is 10.3. The molecule has 1 aromatic rings. The van der Waals surface area contributed by atoms with Gasteiger partial charge < -0.3 is 20.1 Å². The summed E-state index contributed by atoms with van der Waals surface area (Å²) in [7, 11) is 0. The minimum atomic E-state index is -1.21. The third-order valence-electron chi connectivity index (χ3n) is 12.0. The zero-order valence-electron chi connectivity index (χ0n) is 23.4. The van der Waals surface area contributed by atoms with Crippen molar-refractivity contribution in [2.75, 3.05) is 6.61 Å². The van der Waals surface area contributed by atoms with Gasteiger partial charge >= 0.3 is 5.97 Å². The standard InChI is InChI=1S/C31H46FNO5/c1-5-20-24-15-19(34)8-11-31(24,4)23-9-12-30(3)21(6-7-22(30)26(23)27(20)35)17(2)10-13-38-28-25(32)14-18(16-33-28)29(36)37/h14,16-17,19-24,26-27,34-35H,5-13,15H2,1-4H3,(H,36,37)/t17-,19-,20-,21-,22+,23+,24+,26+,27-,30-,31-/m1/s1. The maximum absolute atomic E-state index is 14.3. The normalized spacial score (nSPS) is 43.0. The molecular weight excluding hydrogens is 485 g/mol. The molecule has 4 saturated carbocycles. The minimum Gasteiger partial charge on any atom is -0.478 e. The molecule has 0 spiro atoms. The summed E-state index contributed by atoms with van der Waals surface area (Å²) in [6, 6.07) is 0.951. The van der Waals surface area contributed by atoms with Crippen molar-refractivity contribution < 1.29 is 29.2 Å². The summed E-state index contributed by atoms with van der Waals surface area (Å²) in [6.07, 6.45) is 9.78. The van der Waals surface area contributed by atoms with Crippen LogP contribution in [0, 0.1) is 58.1 Å². The number of fused-ring (bicyclic) bond motifs is 5. The van der Waals surface area contributed by atoms with Crippen LogP contribution >= 0.6 is 0 Å². The molecule has 1 heterocycles. The molecule has 0 aromatic carbocycles. The van der Waals surface area contributed by atoms with Crippen LogP contribution in [0.1, 0.15) is 95.8 Å². The van der Waals surface area contributed by atoms with Gasteiger partial charge in [0.2, 0.25) is 5.88 Å². The van der Waals surface area contributed by atoms with Crippen molar-refractivity contribution in [3.63, 3.8) is 0 Å². The molecule has 38 heavy (non-hydrogen) atoms. The Balaban J connectivity index is 1.28. The Morgan fingerprint density at radius 1 is 1.13 bits per heavy atom. The highest BCUT2D eigenvalue weighted by molar-refractivity contribution is 5.87. The van der Waals surface area contributed by atoms with E-state index in [1.165, 1.54) is 6.42 Å². The lowest BCUT2D eigenvalue weighted by Gasteiger charge is -2.64. The van der Waals surface area contributed by atoms with E-state index in [0.29, 0.717) is 42.1 Å². The number of hydrogen-bond donors (Lipinski definition) is 3. The first-order chi connectivity index (χ1) is 18.0. The van der Waals surface area contributed by atoms with E-state index < -0.39 is 11.8 Å². The van der Waals surface area contributed by atoms with Crippen LogP contribution in [0.2, 0.25) is 0 Å². The van der Waals surface area contributed by atoms with Gasteiger partial charge in [-0.05, 0) is 110 Å². The van der Waals surface area contributed by atoms with Crippen LogP contribution in [0.15, 0.2) is 12.3 Å². The molecule has 7 heteroatoms. The third kappa shape index (κ3) is 4.46. The van der Waals surface area contributed by atoms with Gasteiger partial charge in [0.1, 0.15) is 0 Å². The summed E-state index contributed by atoms with van der Waals surface area (Å²) in [5.74, 6) is 0.833. The van der Waals surface area contributed by atoms with Gasteiger partial charge in [0.05, 0.1) is 24.4 Å². The Morgan fingerprint density at radius 3 is 2.53 bits per heavy atom. The van der Waals surface area contributed by atoms with Gasteiger partial charge in [0, 0.05) is 6.20 Å². The molecule has 0 unspecified atom stereocenters. The zero-order chi connectivity index (χ0) is 27.4. The average molecular weight is 532 g/mol. The predicted molar refractivity (Wildman–Crippen MR) is 142 cm³/mol. The molecule has 4 aliphatic carbocycles. The van der Waals surface area contributed by atoms with E-state index in [1.807, 2.05) is 0 Å². The van der Waals surface area contributed by atoms with Crippen LogP contribution in [-0.2, 0) is 0 Å². The Kier molecular flexibility index (Phi) is 7.58. The van der Waals surface area contributed by atoms with E-state index in [0.717, 1.165) is 63.6 Å². The number of hydrogen-bond acceptors (Lipinski definition) is 5. The van der Waals surface area contributed by atoms with Crippen molar-refractivity contribution >= 4 is 5.97 Å². The van der Waals surface area contributed by atoms with Crippen LogP contribution in [-0.4, -0.2) is 45.1 Å². The lowest BCUT2D eigenvalue weighted by molar-refractivity contribution is -0.203. The van der Waals surface area contributed by atoms with Gasteiger partial charge in [-0.25, -0.2) is 14.2 Å². The van der Waals surface area contributed by atoms with Crippen LogP contribution in [0.5, 0.6) is 5.88 Å². The summed E-state index contributed by atoms with van der Waals surface area (Å²) in [6.45, 7) is 9.76. The lowest BCUT2D eigenvalue weighted by Crippen LogP contribution is -2.62. The summed E-state index contributed by atoms with van der Waals surface area (Å²) >= 11 is 0. The molecule has 0 bridgehead atoms. The topological polar surface area (TPSA) is 99.9 Å². The van der Waals surface area contributed by atoms with E-state index in [2.05, 4.69) is 32.7 Å². The van der Waals surface area contributed by atoms with E-state index in [4.69, 9.17) is 9.84 Å². The number of rotatable bonds is 7. The number of ether oxygens (including phenoxy) is 1. The highest BCUT2D eigenvalue weighted by atomic mass is 19.1. The molecule has 6 nitrogen and oxygen atoms in total. The molecular formula is C31H46FNO5. The maximum atomic E-state index is 14.3. The van der Waals surface area contributed by atoms with Crippen molar-refractivity contribution in [1.29, 1.82) is 0 Å². The molecule has 4 fully saturated rings. The zero-order valence-corrected chi connectivity index (χ0v) is 23.4. The Bertz CT molecular complexity index is 1040. The second-order valence-corrected chi connectivity index (χ2v) is 13.6. The summed E-state index contributed by atoms with van der Waals surface area (Å²) in [5.41, 5.74) is 0.184. The number of carboxylic acid groups (broad SMARTS) is 1.